The van der Waals surface area contributed by atoms with Gasteiger partial charge in [0, 0.05) is 22.6 Å². The number of rotatable bonds is 13. The standard InChI is InChI=1S/C32H44N2O6S2/c1-39-31(37)27-21-15-9-7-11-17-23(21)41-29(27)33-25(35)19-13-5-3-4-6-14-20-26(36)34-30-28(32(38)40-2)22-16-10-8-12-18-24(22)42-30/h3-20H2,1-2H3,(H,33,35)(H,34,36). The van der Waals surface area contributed by atoms with Crippen LogP contribution in [0.1, 0.15) is 131 Å². The quantitative estimate of drug-likeness (QED) is 0.136. The van der Waals surface area contributed by atoms with Gasteiger partial charge in [-0.15, -0.1) is 22.7 Å². The minimum atomic E-state index is -0.368. The van der Waals surface area contributed by atoms with E-state index in [1.54, 1.807) is 0 Å². The zero-order valence-electron chi connectivity index (χ0n) is 25.0. The van der Waals surface area contributed by atoms with Crippen molar-refractivity contribution in [1.29, 1.82) is 0 Å². The summed E-state index contributed by atoms with van der Waals surface area (Å²) in [5, 5.41) is 7.24. The van der Waals surface area contributed by atoms with Crippen LogP contribution in [0.5, 0.6) is 0 Å². The molecule has 8 nitrogen and oxygen atoms in total. The first-order valence-corrected chi connectivity index (χ1v) is 17.1. The van der Waals surface area contributed by atoms with Crippen LogP contribution in [0.15, 0.2) is 0 Å². The van der Waals surface area contributed by atoms with E-state index in [9.17, 15) is 19.2 Å². The molecule has 2 aliphatic rings. The van der Waals surface area contributed by atoms with Gasteiger partial charge in [0.15, 0.2) is 0 Å². The van der Waals surface area contributed by atoms with Gasteiger partial charge in [-0.25, -0.2) is 9.59 Å². The summed E-state index contributed by atoms with van der Waals surface area (Å²) in [6.07, 6.45) is 16.5. The summed E-state index contributed by atoms with van der Waals surface area (Å²) in [5.74, 6) is -0.865. The highest BCUT2D eigenvalue weighted by Crippen LogP contribution is 2.39. The second-order valence-corrected chi connectivity index (χ2v) is 13.4. The Morgan fingerprint density at radius 1 is 0.571 bits per heavy atom. The number of carbonyl (C=O) groups is 4. The Bertz CT molecular complexity index is 1170. The van der Waals surface area contributed by atoms with E-state index in [0.717, 1.165) is 114 Å². The van der Waals surface area contributed by atoms with Gasteiger partial charge in [0.2, 0.25) is 11.8 Å². The zero-order chi connectivity index (χ0) is 29.9. The molecule has 0 aromatic carbocycles. The van der Waals surface area contributed by atoms with Crippen LogP contribution in [0, 0.1) is 0 Å². The molecule has 2 aromatic heterocycles. The number of nitrogens with one attached hydrogen (secondary N) is 2. The Balaban J connectivity index is 1.14. The first kappa shape index (κ1) is 32.2. The summed E-state index contributed by atoms with van der Waals surface area (Å²) >= 11 is 3.05. The van der Waals surface area contributed by atoms with Crippen LogP contribution in [0.2, 0.25) is 0 Å². The van der Waals surface area contributed by atoms with Gasteiger partial charge in [0.25, 0.3) is 0 Å². The monoisotopic (exact) mass is 616 g/mol. The van der Waals surface area contributed by atoms with Crippen LogP contribution in [0.3, 0.4) is 0 Å². The number of thiophene rings is 2. The van der Waals surface area contributed by atoms with Gasteiger partial charge in [0.1, 0.15) is 10.0 Å². The molecule has 42 heavy (non-hydrogen) atoms. The van der Waals surface area contributed by atoms with Crippen molar-refractivity contribution < 1.29 is 28.7 Å². The highest BCUT2D eigenvalue weighted by molar-refractivity contribution is 7.17. The number of anilines is 2. The predicted molar refractivity (Wildman–Crippen MR) is 168 cm³/mol. The average molecular weight is 617 g/mol. The summed E-state index contributed by atoms with van der Waals surface area (Å²) in [4.78, 5) is 52.7. The normalized spacial score (nSPS) is 14.6. The molecule has 10 heteroatoms. The van der Waals surface area contributed by atoms with Gasteiger partial charge >= 0.3 is 11.9 Å². The van der Waals surface area contributed by atoms with Crippen molar-refractivity contribution in [2.75, 3.05) is 24.9 Å². The first-order valence-electron chi connectivity index (χ1n) is 15.5. The first-order chi connectivity index (χ1) is 20.4. The molecule has 0 aliphatic heterocycles. The fraction of sp³-hybridized carbons (Fsp3) is 0.625. The van der Waals surface area contributed by atoms with Crippen molar-refractivity contribution >= 4 is 56.4 Å². The molecular weight excluding hydrogens is 572 g/mol. The lowest BCUT2D eigenvalue weighted by Crippen LogP contribution is -2.14. The van der Waals surface area contributed by atoms with E-state index < -0.39 is 0 Å². The number of ether oxygens (including phenoxy) is 2. The van der Waals surface area contributed by atoms with Gasteiger partial charge < -0.3 is 20.1 Å². The van der Waals surface area contributed by atoms with E-state index in [4.69, 9.17) is 9.47 Å². The SMILES string of the molecule is COC(=O)c1c(NC(=O)CCCCCCCCC(=O)Nc2sc3c(c2C(=O)OC)CCCCC3)sc2c1CCCCC2. The molecule has 0 spiro atoms. The molecule has 0 fully saturated rings. The third-order valence-corrected chi connectivity index (χ3v) is 10.6. The number of amides is 2. The van der Waals surface area contributed by atoms with Crippen LogP contribution in [-0.4, -0.2) is 38.0 Å². The van der Waals surface area contributed by atoms with Gasteiger partial charge in [-0.1, -0.05) is 38.5 Å². The number of hydrogen-bond donors (Lipinski definition) is 2. The molecule has 0 bridgehead atoms. The fourth-order valence-electron chi connectivity index (χ4n) is 5.95. The molecule has 230 valence electrons. The number of carbonyl (C=O) groups excluding carboxylic acids is 4. The van der Waals surface area contributed by atoms with Crippen LogP contribution in [0.25, 0.3) is 0 Å². The Morgan fingerprint density at radius 3 is 1.36 bits per heavy atom. The average Bonchev–Trinajstić information content (AvgIpc) is 3.26. The molecule has 0 unspecified atom stereocenters. The van der Waals surface area contributed by atoms with Crippen molar-refractivity contribution in [3.05, 3.63) is 32.0 Å². The van der Waals surface area contributed by atoms with Crippen LogP contribution >= 0.6 is 22.7 Å². The predicted octanol–water partition coefficient (Wildman–Crippen LogP) is 7.62. The molecule has 0 radical (unpaired) electrons. The van der Waals surface area contributed by atoms with Crippen LogP contribution in [-0.2, 0) is 44.7 Å². The van der Waals surface area contributed by atoms with E-state index in [2.05, 4.69) is 10.6 Å². The second kappa shape index (κ2) is 16.2. The second-order valence-electron chi connectivity index (χ2n) is 11.2. The van der Waals surface area contributed by atoms with E-state index in [-0.39, 0.29) is 23.8 Å². The Labute approximate surface area is 256 Å². The fourth-order valence-corrected chi connectivity index (χ4v) is 8.54. The maximum atomic E-state index is 12.7. The minimum Gasteiger partial charge on any atom is -0.465 e. The van der Waals surface area contributed by atoms with Crippen molar-refractivity contribution in [2.24, 2.45) is 0 Å². The number of esters is 2. The van der Waals surface area contributed by atoms with Crippen molar-refractivity contribution in [1.82, 2.24) is 0 Å². The summed E-state index contributed by atoms with van der Waals surface area (Å²) in [7, 11) is 2.78. The van der Waals surface area contributed by atoms with Crippen molar-refractivity contribution in [3.63, 3.8) is 0 Å². The number of fused-ring (bicyclic) bond motifs is 2. The lowest BCUT2D eigenvalue weighted by atomic mass is 10.1. The van der Waals surface area contributed by atoms with Gasteiger partial charge in [-0.3, -0.25) is 9.59 Å². The summed E-state index contributed by atoms with van der Waals surface area (Å²) in [6, 6.07) is 0. The summed E-state index contributed by atoms with van der Waals surface area (Å²) in [5.41, 5.74) is 3.21. The molecule has 2 amide bonds. The lowest BCUT2D eigenvalue weighted by Gasteiger charge is -2.08. The smallest absolute Gasteiger partial charge is 0.341 e. The molecule has 2 aliphatic carbocycles. The topological polar surface area (TPSA) is 111 Å². The molecule has 4 rings (SSSR count). The van der Waals surface area contributed by atoms with E-state index in [0.29, 0.717) is 34.0 Å². The molecule has 2 N–H and O–H groups in total. The van der Waals surface area contributed by atoms with E-state index in [1.807, 2.05) is 0 Å². The maximum absolute atomic E-state index is 12.7. The molecule has 0 atom stereocenters. The molecular formula is C32H44N2O6S2. The Kier molecular flexibility index (Phi) is 12.4. The summed E-state index contributed by atoms with van der Waals surface area (Å²) in [6.45, 7) is 0. The van der Waals surface area contributed by atoms with Crippen molar-refractivity contribution in [2.45, 2.75) is 116 Å². The number of hydrogen-bond acceptors (Lipinski definition) is 8. The third-order valence-electron chi connectivity index (χ3n) is 8.19. The van der Waals surface area contributed by atoms with E-state index in [1.165, 1.54) is 46.6 Å². The molecule has 2 aromatic rings. The van der Waals surface area contributed by atoms with Gasteiger partial charge in [0.05, 0.1) is 25.3 Å². The molecule has 0 saturated carbocycles. The number of methoxy groups -OCH3 is 2. The van der Waals surface area contributed by atoms with Gasteiger partial charge in [-0.05, 0) is 75.3 Å². The highest BCUT2D eigenvalue weighted by Gasteiger charge is 2.27. The molecule has 0 saturated heterocycles. The lowest BCUT2D eigenvalue weighted by molar-refractivity contribution is -0.117. The van der Waals surface area contributed by atoms with E-state index >= 15 is 0 Å². The molecule has 2 heterocycles. The van der Waals surface area contributed by atoms with Crippen molar-refractivity contribution in [3.8, 4) is 0 Å². The van der Waals surface area contributed by atoms with Gasteiger partial charge in [-0.2, -0.15) is 0 Å². The third kappa shape index (κ3) is 8.43. The largest absolute Gasteiger partial charge is 0.465 e. The Hall–Kier alpha value is -2.72. The zero-order valence-corrected chi connectivity index (χ0v) is 26.6. The number of aryl methyl sites for hydroxylation is 2. The summed E-state index contributed by atoms with van der Waals surface area (Å²) < 4.78 is 10.1. The maximum Gasteiger partial charge on any atom is 0.341 e. The highest BCUT2D eigenvalue weighted by atomic mass is 32.1. The van der Waals surface area contributed by atoms with Crippen LogP contribution < -0.4 is 10.6 Å². The van der Waals surface area contributed by atoms with Crippen LogP contribution in [0.4, 0.5) is 10.0 Å². The number of unbranched alkanes of at least 4 members (excludes halogenated alkanes) is 5. The Morgan fingerprint density at radius 2 is 0.952 bits per heavy atom. The minimum absolute atomic E-state index is 0.0644.